The van der Waals surface area contributed by atoms with Gasteiger partial charge in [-0.15, -0.1) is 0 Å². The van der Waals surface area contributed by atoms with Gasteiger partial charge in [-0.05, 0) is 6.92 Å². The Kier molecular flexibility index (Phi) is 2.97. The number of aromatic nitrogens is 3. The molecule has 0 aliphatic carbocycles. The number of rotatable bonds is 2. The van der Waals surface area contributed by atoms with Crippen molar-refractivity contribution in [2.75, 3.05) is 5.73 Å². The molecule has 94 valence electrons. The van der Waals surface area contributed by atoms with Crippen LogP contribution >= 0.6 is 11.3 Å². The van der Waals surface area contributed by atoms with Crippen LogP contribution in [0.4, 0.5) is 5.00 Å². The Morgan fingerprint density at radius 1 is 1.00 bits per heavy atom. The van der Waals surface area contributed by atoms with Gasteiger partial charge in [0.1, 0.15) is 21.5 Å². The third kappa shape index (κ3) is 2.32. The summed E-state index contributed by atoms with van der Waals surface area (Å²) in [6.07, 6.45) is 3.55. The standard InChI is InChI=1S/C14H12N4S/c1-9-16-7-11(8-17-9)14-18-12(13(15)19-14)10-5-3-2-4-6-10/h2-8H,15H2,1H3. The first kappa shape index (κ1) is 11.8. The number of hydrogen-bond donors (Lipinski definition) is 1. The average Bonchev–Trinajstić information content (AvgIpc) is 2.83. The van der Waals surface area contributed by atoms with Crippen LogP contribution in [-0.2, 0) is 0 Å². The molecule has 19 heavy (non-hydrogen) atoms. The van der Waals surface area contributed by atoms with Crippen LogP contribution in [0.3, 0.4) is 0 Å². The molecule has 0 aliphatic rings. The van der Waals surface area contributed by atoms with Gasteiger partial charge in [0, 0.05) is 23.5 Å². The Labute approximate surface area is 115 Å². The molecule has 1 aromatic carbocycles. The number of aryl methyl sites for hydroxylation is 1. The van der Waals surface area contributed by atoms with Crippen molar-refractivity contribution in [3.05, 3.63) is 48.5 Å². The highest BCUT2D eigenvalue weighted by Crippen LogP contribution is 2.35. The summed E-state index contributed by atoms with van der Waals surface area (Å²) in [4.78, 5) is 13.0. The highest BCUT2D eigenvalue weighted by Gasteiger charge is 2.12. The van der Waals surface area contributed by atoms with E-state index in [0.29, 0.717) is 5.00 Å². The van der Waals surface area contributed by atoms with Crippen molar-refractivity contribution in [1.29, 1.82) is 0 Å². The monoisotopic (exact) mass is 268 g/mol. The summed E-state index contributed by atoms with van der Waals surface area (Å²) in [5, 5.41) is 1.55. The molecule has 2 aromatic heterocycles. The maximum absolute atomic E-state index is 6.06. The van der Waals surface area contributed by atoms with E-state index < -0.39 is 0 Å². The van der Waals surface area contributed by atoms with E-state index in [9.17, 15) is 0 Å². The summed E-state index contributed by atoms with van der Waals surface area (Å²) in [7, 11) is 0. The SMILES string of the molecule is Cc1ncc(-c2nc(-c3ccccc3)c(N)s2)cn1. The van der Waals surface area contributed by atoms with Crippen molar-refractivity contribution >= 4 is 16.3 Å². The molecule has 0 fully saturated rings. The second kappa shape index (κ2) is 4.78. The first-order valence-electron chi connectivity index (χ1n) is 5.85. The molecule has 5 heteroatoms. The third-order valence-electron chi connectivity index (χ3n) is 2.73. The second-order valence-electron chi connectivity index (χ2n) is 4.12. The van der Waals surface area contributed by atoms with E-state index in [1.165, 1.54) is 11.3 Å². The van der Waals surface area contributed by atoms with Crippen molar-refractivity contribution in [2.24, 2.45) is 0 Å². The fraction of sp³-hybridized carbons (Fsp3) is 0.0714. The second-order valence-corrected chi connectivity index (χ2v) is 5.15. The van der Waals surface area contributed by atoms with E-state index in [-0.39, 0.29) is 0 Å². The van der Waals surface area contributed by atoms with E-state index in [4.69, 9.17) is 5.73 Å². The number of hydrogen-bond acceptors (Lipinski definition) is 5. The molecular formula is C14H12N4S. The first-order chi connectivity index (χ1) is 9.24. The Balaban J connectivity index is 2.04. The van der Waals surface area contributed by atoms with Gasteiger partial charge in [0.15, 0.2) is 0 Å². The van der Waals surface area contributed by atoms with Gasteiger partial charge >= 0.3 is 0 Å². The lowest BCUT2D eigenvalue weighted by atomic mass is 10.2. The highest BCUT2D eigenvalue weighted by atomic mass is 32.1. The Morgan fingerprint density at radius 3 is 2.37 bits per heavy atom. The highest BCUT2D eigenvalue weighted by molar-refractivity contribution is 7.19. The summed E-state index contributed by atoms with van der Waals surface area (Å²) in [5.74, 6) is 0.747. The van der Waals surface area contributed by atoms with E-state index in [1.807, 2.05) is 37.3 Å². The number of anilines is 1. The molecule has 3 aromatic rings. The largest absolute Gasteiger partial charge is 0.389 e. The zero-order valence-electron chi connectivity index (χ0n) is 10.4. The fourth-order valence-electron chi connectivity index (χ4n) is 1.76. The maximum atomic E-state index is 6.06. The predicted octanol–water partition coefficient (Wildman–Crippen LogP) is 3.16. The molecule has 0 atom stereocenters. The van der Waals surface area contributed by atoms with Crippen LogP contribution < -0.4 is 5.73 Å². The molecule has 4 nitrogen and oxygen atoms in total. The Bertz CT molecular complexity index is 689. The van der Waals surface area contributed by atoms with E-state index in [1.54, 1.807) is 12.4 Å². The predicted molar refractivity (Wildman–Crippen MR) is 77.7 cm³/mol. The van der Waals surface area contributed by atoms with Crippen LogP contribution in [0.2, 0.25) is 0 Å². The van der Waals surface area contributed by atoms with Crippen molar-refractivity contribution in [2.45, 2.75) is 6.92 Å². The molecule has 0 saturated carbocycles. The average molecular weight is 268 g/mol. The van der Waals surface area contributed by atoms with E-state index in [0.717, 1.165) is 27.7 Å². The molecule has 0 saturated heterocycles. The quantitative estimate of drug-likeness (QED) is 0.775. The molecule has 0 radical (unpaired) electrons. The fourth-order valence-corrected chi connectivity index (χ4v) is 2.59. The van der Waals surface area contributed by atoms with E-state index >= 15 is 0 Å². The molecule has 0 spiro atoms. The lowest BCUT2D eigenvalue weighted by Gasteiger charge is -1.97. The van der Waals surface area contributed by atoms with Crippen LogP contribution in [0.1, 0.15) is 5.82 Å². The molecule has 0 amide bonds. The summed E-state index contributed by atoms with van der Waals surface area (Å²) in [6.45, 7) is 1.86. The summed E-state index contributed by atoms with van der Waals surface area (Å²) < 4.78 is 0. The van der Waals surface area contributed by atoms with Crippen molar-refractivity contribution in [3.8, 4) is 21.8 Å². The number of thiazole rings is 1. The van der Waals surface area contributed by atoms with Gasteiger partial charge in [-0.1, -0.05) is 41.7 Å². The molecule has 2 N–H and O–H groups in total. The van der Waals surface area contributed by atoms with E-state index in [2.05, 4.69) is 15.0 Å². The molecule has 0 unspecified atom stereocenters. The number of nitrogens with zero attached hydrogens (tertiary/aromatic N) is 3. The molecule has 0 aliphatic heterocycles. The van der Waals surface area contributed by atoms with Crippen molar-refractivity contribution < 1.29 is 0 Å². The van der Waals surface area contributed by atoms with Crippen molar-refractivity contribution in [3.63, 3.8) is 0 Å². The van der Waals surface area contributed by atoms with Gasteiger partial charge in [0.05, 0.1) is 0 Å². The summed E-state index contributed by atoms with van der Waals surface area (Å²) >= 11 is 1.45. The van der Waals surface area contributed by atoms with Gasteiger partial charge in [-0.3, -0.25) is 0 Å². The maximum Gasteiger partial charge on any atom is 0.129 e. The lowest BCUT2D eigenvalue weighted by molar-refractivity contribution is 1.05. The smallest absolute Gasteiger partial charge is 0.129 e. The van der Waals surface area contributed by atoms with Crippen LogP contribution in [-0.4, -0.2) is 15.0 Å². The van der Waals surface area contributed by atoms with Crippen molar-refractivity contribution in [1.82, 2.24) is 15.0 Å². The van der Waals surface area contributed by atoms with Gasteiger partial charge in [0.2, 0.25) is 0 Å². The minimum Gasteiger partial charge on any atom is -0.389 e. The van der Waals surface area contributed by atoms with Gasteiger partial charge < -0.3 is 5.73 Å². The van der Waals surface area contributed by atoms with Gasteiger partial charge in [-0.25, -0.2) is 15.0 Å². The van der Waals surface area contributed by atoms with Crippen LogP contribution in [0.15, 0.2) is 42.7 Å². The normalized spacial score (nSPS) is 10.6. The number of nitrogen functional groups attached to an aromatic ring is 1. The minimum absolute atomic E-state index is 0.710. The third-order valence-corrected chi connectivity index (χ3v) is 3.66. The summed E-state index contributed by atoms with van der Waals surface area (Å²) in [5.41, 5.74) is 8.79. The summed E-state index contributed by atoms with van der Waals surface area (Å²) in [6, 6.07) is 9.92. The minimum atomic E-state index is 0.710. The number of nitrogens with two attached hydrogens (primary N) is 1. The molecule has 3 rings (SSSR count). The molecule has 2 heterocycles. The Hall–Kier alpha value is -2.27. The van der Waals surface area contributed by atoms with Gasteiger partial charge in [-0.2, -0.15) is 0 Å². The van der Waals surface area contributed by atoms with Gasteiger partial charge in [0.25, 0.3) is 0 Å². The van der Waals surface area contributed by atoms with Crippen LogP contribution in [0, 0.1) is 6.92 Å². The number of benzene rings is 1. The molecule has 0 bridgehead atoms. The lowest BCUT2D eigenvalue weighted by Crippen LogP contribution is -1.87. The van der Waals surface area contributed by atoms with Crippen LogP contribution in [0.5, 0.6) is 0 Å². The zero-order chi connectivity index (χ0) is 13.2. The first-order valence-corrected chi connectivity index (χ1v) is 6.66. The topological polar surface area (TPSA) is 64.7 Å². The molecular weight excluding hydrogens is 256 g/mol. The Morgan fingerprint density at radius 2 is 1.68 bits per heavy atom. The zero-order valence-corrected chi connectivity index (χ0v) is 11.2. The van der Waals surface area contributed by atoms with Crippen LogP contribution in [0.25, 0.3) is 21.8 Å².